The molecule has 4 rings (SSSR count). The summed E-state index contributed by atoms with van der Waals surface area (Å²) in [6.07, 6.45) is 0. The van der Waals surface area contributed by atoms with Crippen LogP contribution in [-0.4, -0.2) is 18.9 Å². The Morgan fingerprint density at radius 3 is 2.16 bits per heavy atom. The first kappa shape index (κ1) is 14.9. The quantitative estimate of drug-likeness (QED) is 0.675. The van der Waals surface area contributed by atoms with Crippen LogP contribution in [0.4, 0.5) is 5.69 Å². The van der Waals surface area contributed by atoms with Gasteiger partial charge >= 0.3 is 0 Å². The number of hydrogen-bond donors (Lipinski definition) is 0. The molecule has 0 aliphatic carbocycles. The molecule has 0 bridgehead atoms. The van der Waals surface area contributed by atoms with Gasteiger partial charge in [0, 0.05) is 16.5 Å². The average molecular weight is 328 g/mol. The number of rotatable bonds is 2. The van der Waals surface area contributed by atoms with Crippen molar-refractivity contribution in [3.63, 3.8) is 0 Å². The molecule has 1 aliphatic rings. The number of amides is 2. The van der Waals surface area contributed by atoms with Crippen molar-refractivity contribution in [2.45, 2.75) is 0 Å². The number of anilines is 1. The smallest absolute Gasteiger partial charge is 0.265 e. The van der Waals surface area contributed by atoms with Crippen LogP contribution in [0, 0.1) is 11.3 Å². The van der Waals surface area contributed by atoms with Crippen LogP contribution in [0.3, 0.4) is 0 Å². The standard InChI is InChI=1S/C20H12N2O3/c1-25-17-9-8-14(10-13(17)11-21)22-19(23)15-6-2-4-12-5-3-7-16(18(12)15)20(22)24/h2-10H,1H3. The van der Waals surface area contributed by atoms with Gasteiger partial charge in [0.2, 0.25) is 0 Å². The lowest BCUT2D eigenvalue weighted by Gasteiger charge is -2.27. The van der Waals surface area contributed by atoms with Crippen molar-refractivity contribution in [3.05, 3.63) is 71.3 Å². The van der Waals surface area contributed by atoms with Crippen molar-refractivity contribution in [1.29, 1.82) is 5.26 Å². The van der Waals surface area contributed by atoms with Crippen LogP contribution in [0.15, 0.2) is 54.6 Å². The molecule has 3 aromatic carbocycles. The molecule has 0 unspecified atom stereocenters. The Morgan fingerprint density at radius 1 is 0.960 bits per heavy atom. The first-order valence-corrected chi connectivity index (χ1v) is 7.64. The van der Waals surface area contributed by atoms with Gasteiger partial charge in [-0.3, -0.25) is 9.59 Å². The van der Waals surface area contributed by atoms with Crippen molar-refractivity contribution >= 4 is 28.3 Å². The Kier molecular flexibility index (Phi) is 3.26. The molecule has 0 fully saturated rings. The van der Waals surface area contributed by atoms with E-state index in [0.717, 1.165) is 10.3 Å². The van der Waals surface area contributed by atoms with Crippen LogP contribution >= 0.6 is 0 Å². The van der Waals surface area contributed by atoms with E-state index in [0.29, 0.717) is 28.0 Å². The minimum Gasteiger partial charge on any atom is -0.495 e. The van der Waals surface area contributed by atoms with Crippen LogP contribution in [0.2, 0.25) is 0 Å². The summed E-state index contributed by atoms with van der Waals surface area (Å²) in [7, 11) is 1.46. The van der Waals surface area contributed by atoms with Crippen molar-refractivity contribution in [1.82, 2.24) is 0 Å². The second-order valence-electron chi connectivity index (χ2n) is 5.65. The molecule has 1 heterocycles. The first-order valence-electron chi connectivity index (χ1n) is 7.64. The molecule has 0 spiro atoms. The molecule has 0 aromatic heterocycles. The van der Waals surface area contributed by atoms with Gasteiger partial charge < -0.3 is 4.74 Å². The third-order valence-corrected chi connectivity index (χ3v) is 4.33. The lowest BCUT2D eigenvalue weighted by atomic mass is 9.93. The minimum atomic E-state index is -0.400. The van der Waals surface area contributed by atoms with E-state index in [9.17, 15) is 14.9 Å². The summed E-state index contributed by atoms with van der Waals surface area (Å²) in [4.78, 5) is 27.0. The third kappa shape index (κ3) is 2.08. The lowest BCUT2D eigenvalue weighted by molar-refractivity contribution is 0.0893. The molecule has 0 saturated carbocycles. The summed E-state index contributed by atoms with van der Waals surface area (Å²) in [6.45, 7) is 0. The summed E-state index contributed by atoms with van der Waals surface area (Å²) in [5.41, 5.74) is 1.56. The zero-order valence-corrected chi connectivity index (χ0v) is 13.3. The molecular formula is C20H12N2O3. The average Bonchev–Trinajstić information content (AvgIpc) is 2.66. The molecule has 5 nitrogen and oxygen atoms in total. The number of methoxy groups -OCH3 is 1. The van der Waals surface area contributed by atoms with Crippen molar-refractivity contribution < 1.29 is 14.3 Å². The molecule has 120 valence electrons. The van der Waals surface area contributed by atoms with E-state index in [1.54, 1.807) is 36.4 Å². The molecule has 0 atom stereocenters. The van der Waals surface area contributed by atoms with Gasteiger partial charge in [0.15, 0.2) is 0 Å². The van der Waals surface area contributed by atoms with Gasteiger partial charge in [-0.1, -0.05) is 24.3 Å². The van der Waals surface area contributed by atoms with E-state index in [4.69, 9.17) is 4.74 Å². The molecular weight excluding hydrogens is 316 g/mol. The fourth-order valence-corrected chi connectivity index (χ4v) is 3.19. The second kappa shape index (κ2) is 5.46. The number of benzene rings is 3. The number of nitrogens with zero attached hydrogens (tertiary/aromatic N) is 2. The highest BCUT2D eigenvalue weighted by Gasteiger charge is 2.34. The summed E-state index contributed by atoms with van der Waals surface area (Å²) in [5.74, 6) is -0.405. The molecule has 1 aliphatic heterocycles. The monoisotopic (exact) mass is 328 g/mol. The van der Waals surface area contributed by atoms with E-state index >= 15 is 0 Å². The largest absolute Gasteiger partial charge is 0.495 e. The van der Waals surface area contributed by atoms with Crippen LogP contribution in [-0.2, 0) is 0 Å². The summed E-state index contributed by atoms with van der Waals surface area (Å²) >= 11 is 0. The lowest BCUT2D eigenvalue weighted by Crippen LogP contribution is -2.40. The Bertz CT molecular complexity index is 1050. The van der Waals surface area contributed by atoms with Gasteiger partial charge in [-0.15, -0.1) is 0 Å². The second-order valence-corrected chi connectivity index (χ2v) is 5.65. The Hall–Kier alpha value is -3.65. The Labute approximate surface area is 143 Å². The highest BCUT2D eigenvalue weighted by molar-refractivity contribution is 6.35. The van der Waals surface area contributed by atoms with E-state index in [1.165, 1.54) is 13.2 Å². The molecule has 3 aromatic rings. The van der Waals surface area contributed by atoms with Gasteiger partial charge in [0.25, 0.3) is 11.8 Å². The number of ether oxygens (including phenoxy) is 1. The molecule has 0 radical (unpaired) electrons. The van der Waals surface area contributed by atoms with Crippen molar-refractivity contribution in [3.8, 4) is 11.8 Å². The molecule has 25 heavy (non-hydrogen) atoms. The van der Waals surface area contributed by atoms with Gasteiger partial charge in [-0.2, -0.15) is 5.26 Å². The number of imide groups is 1. The molecule has 2 amide bonds. The van der Waals surface area contributed by atoms with E-state index in [-0.39, 0.29) is 5.56 Å². The minimum absolute atomic E-state index is 0.262. The highest BCUT2D eigenvalue weighted by atomic mass is 16.5. The van der Waals surface area contributed by atoms with E-state index in [2.05, 4.69) is 0 Å². The third-order valence-electron chi connectivity index (χ3n) is 4.33. The predicted molar refractivity (Wildman–Crippen MR) is 92.8 cm³/mol. The summed E-state index contributed by atoms with van der Waals surface area (Å²) < 4.78 is 5.12. The van der Waals surface area contributed by atoms with Crippen LogP contribution in [0.5, 0.6) is 5.75 Å². The molecule has 0 N–H and O–H groups in total. The maximum atomic E-state index is 13.0. The van der Waals surface area contributed by atoms with Gasteiger partial charge in [-0.25, -0.2) is 4.90 Å². The molecule has 0 saturated heterocycles. The van der Waals surface area contributed by atoms with Crippen LogP contribution in [0.25, 0.3) is 10.8 Å². The summed E-state index contributed by atoms with van der Waals surface area (Å²) in [6, 6.07) is 17.4. The fourth-order valence-electron chi connectivity index (χ4n) is 3.19. The zero-order valence-electron chi connectivity index (χ0n) is 13.3. The number of carbonyl (C=O) groups is 2. The van der Waals surface area contributed by atoms with Gasteiger partial charge in [0.05, 0.1) is 18.4 Å². The highest BCUT2D eigenvalue weighted by Crippen LogP contribution is 2.34. The van der Waals surface area contributed by atoms with Crippen molar-refractivity contribution in [2.24, 2.45) is 0 Å². The Morgan fingerprint density at radius 2 is 1.60 bits per heavy atom. The van der Waals surface area contributed by atoms with Gasteiger partial charge in [-0.05, 0) is 35.7 Å². The normalized spacial score (nSPS) is 13.0. The number of nitriles is 1. The van der Waals surface area contributed by atoms with Gasteiger partial charge in [0.1, 0.15) is 11.8 Å². The SMILES string of the molecule is COc1ccc(N2C(=O)c3cccc4cccc(c34)C2=O)cc1C#N. The predicted octanol–water partition coefficient (Wildman–Crippen LogP) is 3.52. The van der Waals surface area contributed by atoms with E-state index < -0.39 is 11.8 Å². The fraction of sp³-hybridized carbons (Fsp3) is 0.0500. The first-order chi connectivity index (χ1) is 12.2. The summed E-state index contributed by atoms with van der Waals surface area (Å²) in [5, 5.41) is 10.8. The maximum Gasteiger partial charge on any atom is 0.265 e. The topological polar surface area (TPSA) is 70.4 Å². The zero-order chi connectivity index (χ0) is 17.6. The molecule has 5 heteroatoms. The van der Waals surface area contributed by atoms with Crippen LogP contribution in [0.1, 0.15) is 26.3 Å². The van der Waals surface area contributed by atoms with Crippen LogP contribution < -0.4 is 9.64 Å². The maximum absolute atomic E-state index is 13.0. The van der Waals surface area contributed by atoms with E-state index in [1.807, 2.05) is 18.2 Å². The van der Waals surface area contributed by atoms with Crippen molar-refractivity contribution in [2.75, 3.05) is 12.0 Å². The number of carbonyl (C=O) groups excluding carboxylic acids is 2. The Balaban J connectivity index is 1.93. The number of hydrogen-bond acceptors (Lipinski definition) is 4.